The van der Waals surface area contributed by atoms with Crippen LogP contribution in [0.5, 0.6) is 0 Å². The number of nitrogens with zero attached hydrogens (tertiary/aromatic N) is 1. The molecule has 0 spiro atoms. The predicted molar refractivity (Wildman–Crippen MR) is 122 cm³/mol. The molecule has 32 heavy (non-hydrogen) atoms. The summed E-state index contributed by atoms with van der Waals surface area (Å²) in [6.07, 6.45) is 3.12. The number of halogens is 1. The standard InChI is InChI=1S/C23H26FN5O3/c1-2-13-25-21(30)16-4-3-14-29(15-16)23(32)28-20-11-9-19(10-12-20)27-22(31)26-18-7-5-17(24)6-8-18/h2,5-12,16H,1,3-4,13-15H2,(H,25,30)(H,28,32)(H2,26,27,31). The van der Waals surface area contributed by atoms with E-state index in [0.29, 0.717) is 36.7 Å². The average molecular weight is 439 g/mol. The number of nitrogens with one attached hydrogen (secondary N) is 4. The molecule has 3 rings (SSSR count). The maximum Gasteiger partial charge on any atom is 0.323 e. The summed E-state index contributed by atoms with van der Waals surface area (Å²) in [5.41, 5.74) is 1.56. The highest BCUT2D eigenvalue weighted by atomic mass is 19.1. The van der Waals surface area contributed by atoms with Gasteiger partial charge in [-0.25, -0.2) is 14.0 Å². The van der Waals surface area contributed by atoms with Crippen molar-refractivity contribution in [1.82, 2.24) is 10.2 Å². The number of rotatable bonds is 6. The van der Waals surface area contributed by atoms with Crippen molar-refractivity contribution in [3.05, 3.63) is 67.0 Å². The van der Waals surface area contributed by atoms with Crippen molar-refractivity contribution in [2.24, 2.45) is 5.92 Å². The minimum atomic E-state index is -0.470. The highest BCUT2D eigenvalue weighted by Crippen LogP contribution is 2.19. The fraction of sp³-hybridized carbons (Fsp3) is 0.261. The molecule has 4 N–H and O–H groups in total. The van der Waals surface area contributed by atoms with Crippen LogP contribution < -0.4 is 21.3 Å². The lowest BCUT2D eigenvalue weighted by atomic mass is 9.97. The SMILES string of the molecule is C=CCNC(=O)C1CCCN(C(=O)Nc2ccc(NC(=O)Nc3ccc(F)cc3)cc2)C1. The van der Waals surface area contributed by atoms with E-state index >= 15 is 0 Å². The lowest BCUT2D eigenvalue weighted by molar-refractivity contribution is -0.126. The van der Waals surface area contributed by atoms with Gasteiger partial charge in [0.05, 0.1) is 5.92 Å². The van der Waals surface area contributed by atoms with E-state index in [9.17, 15) is 18.8 Å². The van der Waals surface area contributed by atoms with Crippen LogP contribution in [-0.4, -0.2) is 42.5 Å². The van der Waals surface area contributed by atoms with E-state index in [-0.39, 0.29) is 23.7 Å². The van der Waals surface area contributed by atoms with Gasteiger partial charge in [-0.05, 0) is 61.4 Å². The molecule has 1 aliphatic rings. The van der Waals surface area contributed by atoms with Gasteiger partial charge in [0.2, 0.25) is 5.91 Å². The first-order valence-corrected chi connectivity index (χ1v) is 10.3. The van der Waals surface area contributed by atoms with Crippen molar-refractivity contribution >= 4 is 35.0 Å². The molecule has 8 nitrogen and oxygen atoms in total. The van der Waals surface area contributed by atoms with Gasteiger partial charge in [0.1, 0.15) is 5.82 Å². The molecular weight excluding hydrogens is 413 g/mol. The second-order valence-corrected chi connectivity index (χ2v) is 7.41. The lowest BCUT2D eigenvalue weighted by Gasteiger charge is -2.32. The Morgan fingerprint density at radius 1 is 0.969 bits per heavy atom. The number of carbonyl (C=O) groups excluding carboxylic acids is 3. The van der Waals surface area contributed by atoms with Gasteiger partial charge in [-0.1, -0.05) is 6.08 Å². The number of anilines is 3. The topological polar surface area (TPSA) is 103 Å². The first-order valence-electron chi connectivity index (χ1n) is 10.3. The maximum atomic E-state index is 12.9. The molecule has 1 saturated heterocycles. The average Bonchev–Trinajstić information content (AvgIpc) is 2.80. The van der Waals surface area contributed by atoms with Gasteiger partial charge < -0.3 is 26.2 Å². The minimum Gasteiger partial charge on any atom is -0.352 e. The zero-order chi connectivity index (χ0) is 22.9. The molecule has 1 aliphatic heterocycles. The van der Waals surface area contributed by atoms with E-state index in [1.165, 1.54) is 24.3 Å². The smallest absolute Gasteiger partial charge is 0.323 e. The first kappa shape index (κ1) is 22.8. The molecule has 0 saturated carbocycles. The van der Waals surface area contributed by atoms with Crippen LogP contribution in [0.3, 0.4) is 0 Å². The molecule has 168 valence electrons. The first-order chi connectivity index (χ1) is 15.4. The van der Waals surface area contributed by atoms with Gasteiger partial charge in [-0.2, -0.15) is 0 Å². The normalized spacial score (nSPS) is 15.4. The molecule has 0 aromatic heterocycles. The molecule has 0 bridgehead atoms. The van der Waals surface area contributed by atoms with Gasteiger partial charge in [0.25, 0.3) is 0 Å². The third kappa shape index (κ3) is 6.56. The summed E-state index contributed by atoms with van der Waals surface area (Å²) in [7, 11) is 0. The van der Waals surface area contributed by atoms with Crippen LogP contribution >= 0.6 is 0 Å². The lowest BCUT2D eigenvalue weighted by Crippen LogP contribution is -2.46. The number of benzene rings is 2. The maximum absolute atomic E-state index is 12.9. The fourth-order valence-electron chi connectivity index (χ4n) is 3.36. The summed E-state index contributed by atoms with van der Waals surface area (Å²) in [5.74, 6) is -0.693. The van der Waals surface area contributed by atoms with Crippen LogP contribution in [0.2, 0.25) is 0 Å². The summed E-state index contributed by atoms with van der Waals surface area (Å²) in [4.78, 5) is 38.5. The van der Waals surface area contributed by atoms with E-state index in [2.05, 4.69) is 27.8 Å². The third-order valence-corrected chi connectivity index (χ3v) is 5.00. The second-order valence-electron chi connectivity index (χ2n) is 7.41. The Kier molecular flexibility index (Phi) is 7.80. The fourth-order valence-corrected chi connectivity index (χ4v) is 3.36. The Hall–Kier alpha value is -3.88. The molecule has 1 unspecified atom stereocenters. The summed E-state index contributed by atoms with van der Waals surface area (Å²) in [6.45, 7) is 4.93. The summed E-state index contributed by atoms with van der Waals surface area (Å²) < 4.78 is 12.9. The predicted octanol–water partition coefficient (Wildman–Crippen LogP) is 4.02. The van der Waals surface area contributed by atoms with Crippen molar-refractivity contribution in [3.8, 4) is 0 Å². The number of urea groups is 2. The molecule has 0 aliphatic carbocycles. The summed E-state index contributed by atoms with van der Waals surface area (Å²) >= 11 is 0. The number of amides is 5. The molecule has 9 heteroatoms. The summed E-state index contributed by atoms with van der Waals surface area (Å²) in [5, 5.41) is 10.9. The molecule has 1 atom stereocenters. The Labute approximate surface area is 185 Å². The van der Waals surface area contributed by atoms with Crippen LogP contribution in [0, 0.1) is 11.7 Å². The van der Waals surface area contributed by atoms with Crippen LogP contribution in [0.4, 0.5) is 31.0 Å². The highest BCUT2D eigenvalue weighted by molar-refractivity contribution is 6.00. The third-order valence-electron chi connectivity index (χ3n) is 5.00. The number of hydrogen-bond donors (Lipinski definition) is 4. The van der Waals surface area contributed by atoms with Crippen LogP contribution in [-0.2, 0) is 4.79 Å². The van der Waals surface area contributed by atoms with Crippen molar-refractivity contribution in [1.29, 1.82) is 0 Å². The number of carbonyl (C=O) groups is 3. The van der Waals surface area contributed by atoms with E-state index < -0.39 is 6.03 Å². The number of likely N-dealkylation sites (tertiary alicyclic amines) is 1. The largest absolute Gasteiger partial charge is 0.352 e. The quantitative estimate of drug-likeness (QED) is 0.511. The molecule has 2 aromatic rings. The molecule has 1 heterocycles. The van der Waals surface area contributed by atoms with Crippen LogP contribution in [0.15, 0.2) is 61.2 Å². The van der Waals surface area contributed by atoms with E-state index in [1.54, 1.807) is 35.2 Å². The second kappa shape index (κ2) is 10.9. The zero-order valence-electron chi connectivity index (χ0n) is 17.6. The minimum absolute atomic E-state index is 0.0725. The summed E-state index contributed by atoms with van der Waals surface area (Å²) in [6, 6.07) is 11.3. The zero-order valence-corrected chi connectivity index (χ0v) is 17.6. The molecule has 2 aromatic carbocycles. The van der Waals surface area contributed by atoms with E-state index in [1.807, 2.05) is 0 Å². The Morgan fingerprint density at radius 3 is 2.12 bits per heavy atom. The van der Waals surface area contributed by atoms with Crippen molar-refractivity contribution in [2.75, 3.05) is 35.6 Å². The van der Waals surface area contributed by atoms with Crippen molar-refractivity contribution in [2.45, 2.75) is 12.8 Å². The van der Waals surface area contributed by atoms with E-state index in [4.69, 9.17) is 0 Å². The monoisotopic (exact) mass is 439 g/mol. The van der Waals surface area contributed by atoms with Gasteiger partial charge >= 0.3 is 12.1 Å². The van der Waals surface area contributed by atoms with Gasteiger partial charge in [0.15, 0.2) is 0 Å². The van der Waals surface area contributed by atoms with Crippen LogP contribution in [0.1, 0.15) is 12.8 Å². The highest BCUT2D eigenvalue weighted by Gasteiger charge is 2.28. The molecule has 5 amide bonds. The van der Waals surface area contributed by atoms with Crippen molar-refractivity contribution in [3.63, 3.8) is 0 Å². The van der Waals surface area contributed by atoms with Crippen LogP contribution in [0.25, 0.3) is 0 Å². The van der Waals surface area contributed by atoms with Crippen molar-refractivity contribution < 1.29 is 18.8 Å². The van der Waals surface area contributed by atoms with Gasteiger partial charge in [0, 0.05) is 36.7 Å². The Bertz CT molecular complexity index is 963. The van der Waals surface area contributed by atoms with E-state index in [0.717, 1.165) is 12.8 Å². The Morgan fingerprint density at radius 2 is 1.53 bits per heavy atom. The van der Waals surface area contributed by atoms with Gasteiger partial charge in [-0.15, -0.1) is 6.58 Å². The number of piperidine rings is 1. The Balaban J connectivity index is 1.49. The van der Waals surface area contributed by atoms with Gasteiger partial charge in [-0.3, -0.25) is 4.79 Å². The molecule has 1 fully saturated rings. The molecule has 0 radical (unpaired) electrons. The molecular formula is C23H26FN5O3. The number of hydrogen-bond acceptors (Lipinski definition) is 3.